The number of hydrogen-bond donors (Lipinski definition) is 0. The Balaban J connectivity index is 1.45. The Morgan fingerprint density at radius 2 is 2.07 bits per heavy atom. The van der Waals surface area contributed by atoms with Crippen molar-refractivity contribution in [3.63, 3.8) is 0 Å². The summed E-state index contributed by atoms with van der Waals surface area (Å²) in [7, 11) is 3.33. The summed E-state index contributed by atoms with van der Waals surface area (Å²) < 4.78 is 16.5. The van der Waals surface area contributed by atoms with Gasteiger partial charge in [0.1, 0.15) is 11.5 Å². The van der Waals surface area contributed by atoms with Crippen LogP contribution in [0, 0.1) is 5.92 Å². The maximum atomic E-state index is 13.3. The van der Waals surface area contributed by atoms with Crippen LogP contribution < -0.4 is 9.47 Å². The first-order valence-electron chi connectivity index (χ1n) is 10.5. The van der Waals surface area contributed by atoms with Gasteiger partial charge in [-0.1, -0.05) is 0 Å². The van der Waals surface area contributed by atoms with Gasteiger partial charge in [-0.15, -0.1) is 0 Å². The van der Waals surface area contributed by atoms with Crippen LogP contribution in [0.3, 0.4) is 0 Å². The highest BCUT2D eigenvalue weighted by Gasteiger charge is 2.37. The third kappa shape index (κ3) is 4.28. The second-order valence-electron chi connectivity index (χ2n) is 8.24. The SMILES string of the molecule is COc1ccc(C2CCCN2C(=O)CN(CC2CCOC2)C2CC2)c(OC)c1. The van der Waals surface area contributed by atoms with Gasteiger partial charge in [0.05, 0.1) is 33.4 Å². The lowest BCUT2D eigenvalue weighted by molar-refractivity contribution is -0.133. The lowest BCUT2D eigenvalue weighted by atomic mass is 10.0. The standard InChI is InChI=1S/C22H32N2O4/c1-26-18-7-8-19(21(12-18)27-2)20-4-3-10-24(20)22(25)14-23(17-5-6-17)13-16-9-11-28-15-16/h7-8,12,16-17,20H,3-6,9-11,13-15H2,1-2H3. The number of nitrogens with zero attached hydrogens (tertiary/aromatic N) is 2. The normalized spacial score (nSPS) is 24.8. The fourth-order valence-electron chi connectivity index (χ4n) is 4.59. The minimum Gasteiger partial charge on any atom is -0.497 e. The smallest absolute Gasteiger partial charge is 0.237 e. The van der Waals surface area contributed by atoms with Crippen molar-refractivity contribution >= 4 is 5.91 Å². The molecular formula is C22H32N2O4. The van der Waals surface area contributed by atoms with Gasteiger partial charge in [0.25, 0.3) is 0 Å². The van der Waals surface area contributed by atoms with Gasteiger partial charge in [-0.2, -0.15) is 0 Å². The molecule has 0 aromatic heterocycles. The van der Waals surface area contributed by atoms with Gasteiger partial charge in [-0.05, 0) is 50.2 Å². The molecule has 2 aliphatic heterocycles. The Labute approximate surface area is 167 Å². The fourth-order valence-corrected chi connectivity index (χ4v) is 4.59. The second kappa shape index (κ2) is 8.70. The van der Waals surface area contributed by atoms with Gasteiger partial charge in [0.2, 0.25) is 5.91 Å². The number of ether oxygens (including phenoxy) is 3. The van der Waals surface area contributed by atoms with E-state index in [1.165, 1.54) is 12.8 Å². The van der Waals surface area contributed by atoms with E-state index in [1.54, 1.807) is 14.2 Å². The van der Waals surface area contributed by atoms with Crippen LogP contribution in [-0.2, 0) is 9.53 Å². The van der Waals surface area contributed by atoms with Crippen molar-refractivity contribution in [1.82, 2.24) is 9.80 Å². The monoisotopic (exact) mass is 388 g/mol. The Bertz CT molecular complexity index is 685. The summed E-state index contributed by atoms with van der Waals surface area (Å²) in [6.07, 6.45) is 5.57. The lowest BCUT2D eigenvalue weighted by Crippen LogP contribution is -2.43. The van der Waals surface area contributed by atoms with E-state index in [9.17, 15) is 4.79 Å². The molecule has 0 radical (unpaired) electrons. The second-order valence-corrected chi connectivity index (χ2v) is 8.24. The van der Waals surface area contributed by atoms with E-state index < -0.39 is 0 Å². The van der Waals surface area contributed by atoms with Crippen LogP contribution in [0.1, 0.15) is 43.7 Å². The largest absolute Gasteiger partial charge is 0.497 e. The third-order valence-electron chi connectivity index (χ3n) is 6.29. The molecule has 2 saturated heterocycles. The van der Waals surface area contributed by atoms with Crippen molar-refractivity contribution < 1.29 is 19.0 Å². The van der Waals surface area contributed by atoms with Gasteiger partial charge in [-0.25, -0.2) is 0 Å². The van der Waals surface area contributed by atoms with Crippen LogP contribution in [0.15, 0.2) is 18.2 Å². The maximum absolute atomic E-state index is 13.3. The first-order valence-corrected chi connectivity index (χ1v) is 10.5. The van der Waals surface area contributed by atoms with E-state index in [2.05, 4.69) is 9.80 Å². The predicted molar refractivity (Wildman–Crippen MR) is 107 cm³/mol. The van der Waals surface area contributed by atoms with Gasteiger partial charge in [0.15, 0.2) is 0 Å². The summed E-state index contributed by atoms with van der Waals surface area (Å²) in [5.74, 6) is 2.39. The minimum absolute atomic E-state index is 0.0872. The zero-order valence-corrected chi connectivity index (χ0v) is 17.1. The molecule has 154 valence electrons. The van der Waals surface area contributed by atoms with Gasteiger partial charge in [0, 0.05) is 37.4 Å². The first kappa shape index (κ1) is 19.5. The molecule has 0 N–H and O–H groups in total. The Kier molecular flexibility index (Phi) is 6.07. The van der Waals surface area contributed by atoms with Crippen LogP contribution in [0.4, 0.5) is 0 Å². The Hall–Kier alpha value is -1.79. The Morgan fingerprint density at radius 3 is 2.75 bits per heavy atom. The van der Waals surface area contributed by atoms with E-state index in [1.807, 2.05) is 18.2 Å². The van der Waals surface area contributed by atoms with Crippen LogP contribution in [0.5, 0.6) is 11.5 Å². The van der Waals surface area contributed by atoms with Crippen LogP contribution >= 0.6 is 0 Å². The van der Waals surface area contributed by atoms with Crippen LogP contribution in [0.25, 0.3) is 0 Å². The summed E-state index contributed by atoms with van der Waals surface area (Å²) in [5, 5.41) is 0. The number of carbonyl (C=O) groups is 1. The average Bonchev–Trinajstić information content (AvgIpc) is 3.23. The van der Waals surface area contributed by atoms with Crippen molar-refractivity contribution in [1.29, 1.82) is 0 Å². The van der Waals surface area contributed by atoms with Crippen LogP contribution in [0.2, 0.25) is 0 Å². The summed E-state index contributed by atoms with van der Waals surface area (Å²) >= 11 is 0. The van der Waals surface area contributed by atoms with Crippen molar-refractivity contribution in [2.24, 2.45) is 5.92 Å². The number of rotatable bonds is 8. The molecule has 2 unspecified atom stereocenters. The number of carbonyl (C=O) groups excluding carboxylic acids is 1. The topological polar surface area (TPSA) is 51.2 Å². The van der Waals surface area contributed by atoms with Crippen molar-refractivity contribution in [3.8, 4) is 11.5 Å². The zero-order chi connectivity index (χ0) is 19.5. The predicted octanol–water partition coefficient (Wildman–Crippen LogP) is 2.87. The highest BCUT2D eigenvalue weighted by molar-refractivity contribution is 5.79. The molecule has 2 heterocycles. The molecule has 1 amide bonds. The van der Waals surface area contributed by atoms with Gasteiger partial charge in [-0.3, -0.25) is 9.69 Å². The molecule has 28 heavy (non-hydrogen) atoms. The summed E-state index contributed by atoms with van der Waals surface area (Å²) in [6.45, 7) is 4.04. The molecule has 2 atom stereocenters. The van der Waals surface area contributed by atoms with Crippen molar-refractivity contribution in [3.05, 3.63) is 23.8 Å². The van der Waals surface area contributed by atoms with E-state index >= 15 is 0 Å². The molecule has 1 saturated carbocycles. The van der Waals surface area contributed by atoms with Crippen molar-refractivity contribution in [2.45, 2.75) is 44.2 Å². The van der Waals surface area contributed by atoms with Crippen LogP contribution in [-0.4, -0.2) is 68.8 Å². The number of methoxy groups -OCH3 is 2. The Morgan fingerprint density at radius 1 is 1.21 bits per heavy atom. The molecule has 0 bridgehead atoms. The molecule has 3 fully saturated rings. The molecule has 1 aromatic rings. The molecule has 1 aromatic carbocycles. The van der Waals surface area contributed by atoms with E-state index in [4.69, 9.17) is 14.2 Å². The number of hydrogen-bond acceptors (Lipinski definition) is 5. The molecule has 3 aliphatic rings. The van der Waals surface area contributed by atoms with E-state index in [-0.39, 0.29) is 11.9 Å². The zero-order valence-electron chi connectivity index (χ0n) is 17.1. The maximum Gasteiger partial charge on any atom is 0.237 e. The quantitative estimate of drug-likeness (QED) is 0.685. The third-order valence-corrected chi connectivity index (χ3v) is 6.29. The first-order chi connectivity index (χ1) is 13.7. The fraction of sp³-hybridized carbons (Fsp3) is 0.682. The van der Waals surface area contributed by atoms with E-state index in [0.717, 1.165) is 62.6 Å². The van der Waals surface area contributed by atoms with Gasteiger partial charge >= 0.3 is 0 Å². The summed E-state index contributed by atoms with van der Waals surface area (Å²) in [4.78, 5) is 17.7. The number of likely N-dealkylation sites (tertiary alicyclic amines) is 1. The molecule has 0 spiro atoms. The lowest BCUT2D eigenvalue weighted by Gasteiger charge is -2.30. The highest BCUT2D eigenvalue weighted by atomic mass is 16.5. The van der Waals surface area contributed by atoms with Gasteiger partial charge < -0.3 is 19.1 Å². The summed E-state index contributed by atoms with van der Waals surface area (Å²) in [5.41, 5.74) is 1.08. The highest BCUT2D eigenvalue weighted by Crippen LogP contribution is 2.39. The molecule has 6 nitrogen and oxygen atoms in total. The average molecular weight is 389 g/mol. The minimum atomic E-state index is 0.0872. The van der Waals surface area contributed by atoms with Crippen molar-refractivity contribution in [2.75, 3.05) is 47.1 Å². The summed E-state index contributed by atoms with van der Waals surface area (Å²) in [6, 6.07) is 6.58. The number of benzene rings is 1. The molecular weight excluding hydrogens is 356 g/mol. The number of amides is 1. The molecule has 4 rings (SSSR count). The molecule has 1 aliphatic carbocycles. The molecule has 6 heteroatoms. The van der Waals surface area contributed by atoms with E-state index in [0.29, 0.717) is 18.5 Å².